The van der Waals surface area contributed by atoms with Gasteiger partial charge in [-0.1, -0.05) is 25.2 Å². The lowest BCUT2D eigenvalue weighted by atomic mass is 10.2. The minimum absolute atomic E-state index is 0.357. The predicted octanol–water partition coefficient (Wildman–Crippen LogP) is 0.941. The van der Waals surface area contributed by atoms with E-state index in [1.807, 2.05) is 6.92 Å². The molecule has 1 aliphatic rings. The van der Waals surface area contributed by atoms with Crippen LogP contribution < -0.4 is 5.32 Å². The highest BCUT2D eigenvalue weighted by molar-refractivity contribution is 7.15. The average molecular weight is 311 g/mol. The molecule has 7 nitrogen and oxygen atoms in total. The highest BCUT2D eigenvalue weighted by Gasteiger charge is 2.32. The van der Waals surface area contributed by atoms with E-state index in [4.69, 9.17) is 0 Å². The highest BCUT2D eigenvalue weighted by atomic mass is 32.1. The van der Waals surface area contributed by atoms with E-state index in [-0.39, 0.29) is 0 Å². The maximum absolute atomic E-state index is 12.1. The number of hydrogen-bond acceptors (Lipinski definition) is 6. The Balaban J connectivity index is 1.92. The van der Waals surface area contributed by atoms with Crippen LogP contribution in [0.15, 0.2) is 0 Å². The predicted molar refractivity (Wildman–Crippen MR) is 81.0 cm³/mol. The fourth-order valence-corrected chi connectivity index (χ4v) is 2.91. The van der Waals surface area contributed by atoms with Gasteiger partial charge in [0.15, 0.2) is 0 Å². The molecule has 1 N–H and O–H groups in total. The van der Waals surface area contributed by atoms with Crippen molar-refractivity contribution in [3.05, 3.63) is 5.01 Å². The lowest BCUT2D eigenvalue weighted by Gasteiger charge is -2.33. The third kappa shape index (κ3) is 3.90. The van der Waals surface area contributed by atoms with Crippen LogP contribution in [0.3, 0.4) is 0 Å². The topological polar surface area (TPSA) is 78.4 Å². The average Bonchev–Trinajstić information content (AvgIpc) is 2.92. The first-order valence-corrected chi connectivity index (χ1v) is 8.11. The Morgan fingerprint density at radius 2 is 1.81 bits per heavy atom. The van der Waals surface area contributed by atoms with Crippen molar-refractivity contribution < 1.29 is 9.59 Å². The fraction of sp³-hybridized carbons (Fsp3) is 0.692. The zero-order valence-corrected chi connectivity index (χ0v) is 13.3. The Hall–Kier alpha value is -1.70. The van der Waals surface area contributed by atoms with Crippen molar-refractivity contribution in [1.29, 1.82) is 0 Å². The number of nitrogens with one attached hydrogen (secondary N) is 1. The minimum atomic E-state index is -0.437. The summed E-state index contributed by atoms with van der Waals surface area (Å²) >= 11 is 1.43. The van der Waals surface area contributed by atoms with Gasteiger partial charge in [0.05, 0.1) is 6.54 Å². The van der Waals surface area contributed by atoms with E-state index in [2.05, 4.69) is 22.4 Å². The Morgan fingerprint density at radius 3 is 2.52 bits per heavy atom. The minimum Gasteiger partial charge on any atom is -0.360 e. The quantitative estimate of drug-likeness (QED) is 0.758. The molecule has 1 saturated heterocycles. The highest BCUT2D eigenvalue weighted by Crippen LogP contribution is 2.18. The molecule has 1 aromatic rings. The molecule has 1 fully saturated rings. The van der Waals surface area contributed by atoms with Gasteiger partial charge in [0.1, 0.15) is 5.01 Å². The summed E-state index contributed by atoms with van der Waals surface area (Å²) in [5.74, 6) is -0.843. The number of aromatic nitrogens is 2. The Morgan fingerprint density at radius 1 is 1.10 bits per heavy atom. The van der Waals surface area contributed by atoms with Gasteiger partial charge < -0.3 is 15.1 Å². The number of anilines is 1. The van der Waals surface area contributed by atoms with Crippen LogP contribution in [0.2, 0.25) is 0 Å². The first kappa shape index (κ1) is 15.7. The zero-order valence-electron chi connectivity index (χ0n) is 12.5. The van der Waals surface area contributed by atoms with Gasteiger partial charge in [-0.05, 0) is 12.8 Å². The van der Waals surface area contributed by atoms with Crippen LogP contribution in [-0.4, -0.2) is 58.0 Å². The third-order valence-electron chi connectivity index (χ3n) is 3.21. The lowest BCUT2D eigenvalue weighted by Crippen LogP contribution is -2.53. The lowest BCUT2D eigenvalue weighted by molar-refractivity contribution is -0.156. The number of piperazine rings is 1. The SMILES string of the molecule is CCCNc1nnc(CN2CCN(CCC)C(=O)C2=O)s1. The van der Waals surface area contributed by atoms with Crippen LogP contribution in [-0.2, 0) is 16.1 Å². The molecule has 1 aliphatic heterocycles. The molecule has 2 rings (SSSR count). The normalized spacial score (nSPS) is 15.7. The van der Waals surface area contributed by atoms with Gasteiger partial charge in [-0.3, -0.25) is 9.59 Å². The van der Waals surface area contributed by atoms with Gasteiger partial charge in [-0.2, -0.15) is 0 Å². The second-order valence-electron chi connectivity index (χ2n) is 4.95. The molecule has 0 radical (unpaired) electrons. The molecule has 8 heteroatoms. The summed E-state index contributed by atoms with van der Waals surface area (Å²) in [6.07, 6.45) is 1.88. The van der Waals surface area contributed by atoms with E-state index in [0.717, 1.165) is 29.5 Å². The Bertz CT molecular complexity index is 505. The van der Waals surface area contributed by atoms with Crippen molar-refractivity contribution in [2.75, 3.05) is 31.5 Å². The molecule has 2 amide bonds. The summed E-state index contributed by atoms with van der Waals surface area (Å²) in [4.78, 5) is 27.2. The van der Waals surface area contributed by atoms with Crippen LogP contribution in [0.25, 0.3) is 0 Å². The summed E-state index contributed by atoms with van der Waals surface area (Å²) in [5, 5.41) is 12.8. The second kappa shape index (κ2) is 7.35. The molecule has 21 heavy (non-hydrogen) atoms. The van der Waals surface area contributed by atoms with E-state index < -0.39 is 11.8 Å². The Kier molecular flexibility index (Phi) is 5.49. The number of carbonyl (C=O) groups is 2. The maximum atomic E-state index is 12.1. The van der Waals surface area contributed by atoms with Crippen LogP contribution in [0.1, 0.15) is 31.7 Å². The van der Waals surface area contributed by atoms with E-state index in [0.29, 0.717) is 26.2 Å². The summed E-state index contributed by atoms with van der Waals surface area (Å²) < 4.78 is 0. The molecule has 0 aliphatic carbocycles. The van der Waals surface area contributed by atoms with Gasteiger partial charge in [0.25, 0.3) is 0 Å². The third-order valence-corrected chi connectivity index (χ3v) is 4.08. The van der Waals surface area contributed by atoms with Gasteiger partial charge in [0, 0.05) is 26.2 Å². The molecule has 2 heterocycles. The molecular weight excluding hydrogens is 290 g/mol. The molecule has 0 atom stereocenters. The molecule has 0 unspecified atom stereocenters. The van der Waals surface area contributed by atoms with Crippen LogP contribution in [0, 0.1) is 0 Å². The first-order valence-electron chi connectivity index (χ1n) is 7.30. The van der Waals surface area contributed by atoms with Crippen molar-refractivity contribution in [3.8, 4) is 0 Å². The monoisotopic (exact) mass is 311 g/mol. The van der Waals surface area contributed by atoms with E-state index >= 15 is 0 Å². The molecule has 0 bridgehead atoms. The van der Waals surface area contributed by atoms with Gasteiger partial charge >= 0.3 is 11.8 Å². The largest absolute Gasteiger partial charge is 0.360 e. The number of carbonyl (C=O) groups excluding carboxylic acids is 2. The molecule has 0 aromatic carbocycles. The molecule has 116 valence electrons. The van der Waals surface area contributed by atoms with Crippen molar-refractivity contribution in [3.63, 3.8) is 0 Å². The first-order chi connectivity index (χ1) is 10.2. The van der Waals surface area contributed by atoms with Crippen LogP contribution >= 0.6 is 11.3 Å². The van der Waals surface area contributed by atoms with E-state index in [1.54, 1.807) is 9.80 Å². The summed E-state index contributed by atoms with van der Waals surface area (Å²) in [7, 11) is 0. The number of rotatable bonds is 7. The standard InChI is InChI=1S/C13H21N5O2S/c1-3-5-14-13-16-15-10(21-13)9-18-8-7-17(6-4-2)11(19)12(18)20/h3-9H2,1-2H3,(H,14,16). The van der Waals surface area contributed by atoms with Crippen molar-refractivity contribution in [2.24, 2.45) is 0 Å². The van der Waals surface area contributed by atoms with Crippen molar-refractivity contribution in [2.45, 2.75) is 33.2 Å². The van der Waals surface area contributed by atoms with Crippen LogP contribution in [0.5, 0.6) is 0 Å². The van der Waals surface area contributed by atoms with Crippen molar-refractivity contribution in [1.82, 2.24) is 20.0 Å². The number of nitrogens with zero attached hydrogens (tertiary/aromatic N) is 4. The molecule has 0 saturated carbocycles. The van der Waals surface area contributed by atoms with Gasteiger partial charge in [-0.25, -0.2) is 0 Å². The van der Waals surface area contributed by atoms with Crippen LogP contribution in [0.4, 0.5) is 5.13 Å². The van der Waals surface area contributed by atoms with E-state index in [1.165, 1.54) is 11.3 Å². The molecule has 1 aromatic heterocycles. The number of amides is 2. The summed E-state index contributed by atoms with van der Waals surface area (Å²) in [5.41, 5.74) is 0. The zero-order chi connectivity index (χ0) is 15.2. The number of hydrogen-bond donors (Lipinski definition) is 1. The van der Waals surface area contributed by atoms with Gasteiger partial charge in [-0.15, -0.1) is 10.2 Å². The fourth-order valence-electron chi connectivity index (χ4n) is 2.13. The Labute approximate surface area is 128 Å². The van der Waals surface area contributed by atoms with Crippen molar-refractivity contribution >= 4 is 28.3 Å². The van der Waals surface area contributed by atoms with E-state index in [9.17, 15) is 9.59 Å². The molecular formula is C13H21N5O2S. The van der Waals surface area contributed by atoms with Gasteiger partial charge in [0.2, 0.25) is 5.13 Å². The smallest absolute Gasteiger partial charge is 0.312 e. The maximum Gasteiger partial charge on any atom is 0.312 e. The second-order valence-corrected chi connectivity index (χ2v) is 6.01. The summed E-state index contributed by atoms with van der Waals surface area (Å²) in [6.45, 7) is 7.07. The molecule has 0 spiro atoms. The summed E-state index contributed by atoms with van der Waals surface area (Å²) in [6, 6.07) is 0.